The number of amides is 1. The second kappa shape index (κ2) is 10.2. The molecule has 0 unspecified atom stereocenters. The highest BCUT2D eigenvalue weighted by molar-refractivity contribution is 5.91. The average Bonchev–Trinajstić information content (AvgIpc) is 2.10. The Morgan fingerprint density at radius 1 is 1.31 bits per heavy atom. The fourth-order valence-electron chi connectivity index (χ4n) is 0.827. The van der Waals surface area contributed by atoms with Gasteiger partial charge in [0.2, 0.25) is 5.91 Å². The molecule has 0 aliphatic carbocycles. The summed E-state index contributed by atoms with van der Waals surface area (Å²) in [5.74, 6) is -1.15. The quantitative estimate of drug-likeness (QED) is 0.541. The van der Waals surface area contributed by atoms with Gasteiger partial charge in [0.1, 0.15) is 0 Å². The summed E-state index contributed by atoms with van der Waals surface area (Å²) in [7, 11) is 4.06. The van der Waals surface area contributed by atoms with Crippen molar-refractivity contribution < 1.29 is 14.7 Å². The Hall–Kier alpha value is -1.36. The van der Waals surface area contributed by atoms with Crippen molar-refractivity contribution in [3.63, 3.8) is 0 Å². The van der Waals surface area contributed by atoms with Crippen molar-refractivity contribution in [1.29, 1.82) is 0 Å². The van der Waals surface area contributed by atoms with E-state index in [1.54, 1.807) is 6.92 Å². The van der Waals surface area contributed by atoms with Gasteiger partial charge in [-0.05, 0) is 40.4 Å². The molecule has 0 saturated heterocycles. The van der Waals surface area contributed by atoms with Crippen molar-refractivity contribution in [1.82, 2.24) is 4.90 Å². The monoisotopic (exact) mass is 230 g/mol. The van der Waals surface area contributed by atoms with Gasteiger partial charge in [0.15, 0.2) is 0 Å². The normalized spacial score (nSPS) is 10.7. The van der Waals surface area contributed by atoms with E-state index in [9.17, 15) is 4.79 Å². The van der Waals surface area contributed by atoms with E-state index in [0.717, 1.165) is 26.3 Å². The molecule has 5 nitrogen and oxygen atoms in total. The Morgan fingerprint density at radius 2 is 1.75 bits per heavy atom. The van der Waals surface area contributed by atoms with Gasteiger partial charge in [-0.1, -0.05) is 6.08 Å². The summed E-state index contributed by atoms with van der Waals surface area (Å²) >= 11 is 0. The Balaban J connectivity index is 0. The zero-order valence-corrected chi connectivity index (χ0v) is 10.5. The number of carboxylic acids is 1. The highest BCUT2D eigenvalue weighted by Crippen LogP contribution is 1.97. The molecule has 0 heterocycles. The number of hydrogen-bond donors (Lipinski definition) is 2. The van der Waals surface area contributed by atoms with Gasteiger partial charge in [0.25, 0.3) is 5.97 Å². The van der Waals surface area contributed by atoms with Gasteiger partial charge >= 0.3 is 0 Å². The second-order valence-corrected chi connectivity index (χ2v) is 3.72. The van der Waals surface area contributed by atoms with Crippen LogP contribution in [0.25, 0.3) is 0 Å². The minimum absolute atomic E-state index is 0.320. The molecule has 0 aliphatic rings. The number of carboxylic acid groups (broad SMARTS) is 1. The van der Waals surface area contributed by atoms with Crippen molar-refractivity contribution in [2.75, 3.05) is 20.6 Å². The number of carbonyl (C=O) groups excluding carboxylic acids is 1. The van der Waals surface area contributed by atoms with Crippen molar-refractivity contribution in [2.45, 2.75) is 26.7 Å². The molecule has 0 rings (SSSR count). The first-order valence-corrected chi connectivity index (χ1v) is 5.08. The molecule has 16 heavy (non-hydrogen) atoms. The first kappa shape index (κ1) is 17.0. The van der Waals surface area contributed by atoms with E-state index < -0.39 is 5.97 Å². The van der Waals surface area contributed by atoms with Crippen LogP contribution in [0.15, 0.2) is 11.6 Å². The maximum absolute atomic E-state index is 10.6. The number of aliphatic carboxylic acids is 1. The Bertz CT molecular complexity index is 244. The fraction of sp³-hybridized carbons (Fsp3) is 0.636. The van der Waals surface area contributed by atoms with Crippen LogP contribution in [-0.4, -0.2) is 42.5 Å². The van der Waals surface area contributed by atoms with Gasteiger partial charge in [-0.25, -0.2) is 0 Å². The van der Waals surface area contributed by atoms with E-state index in [-0.39, 0.29) is 5.91 Å². The van der Waals surface area contributed by atoms with Crippen LogP contribution in [-0.2, 0) is 9.59 Å². The number of primary amides is 1. The van der Waals surface area contributed by atoms with E-state index >= 15 is 0 Å². The van der Waals surface area contributed by atoms with Gasteiger partial charge in [0.05, 0.1) is 0 Å². The van der Waals surface area contributed by atoms with Crippen LogP contribution in [0.4, 0.5) is 0 Å². The molecular weight excluding hydrogens is 208 g/mol. The number of nitrogens with zero attached hydrogens (tertiary/aromatic N) is 1. The molecule has 0 spiro atoms. The third-order valence-electron chi connectivity index (χ3n) is 1.65. The standard InChI is InChI=1S/C9H18N2O.C2H4O2/c1-8(9(10)12)6-4-5-7-11(2)3;1-2(3)4/h6H,4-5,7H2,1-3H3,(H2,10,12);1H3,(H,3,4). The van der Waals surface area contributed by atoms with E-state index in [1.807, 2.05) is 20.2 Å². The summed E-state index contributed by atoms with van der Waals surface area (Å²) in [6, 6.07) is 0. The van der Waals surface area contributed by atoms with Crippen LogP contribution in [0.3, 0.4) is 0 Å². The summed E-state index contributed by atoms with van der Waals surface area (Å²) in [5.41, 5.74) is 5.72. The summed E-state index contributed by atoms with van der Waals surface area (Å²) in [6.45, 7) is 3.88. The number of carbonyl (C=O) groups is 2. The Morgan fingerprint density at radius 3 is 2.06 bits per heavy atom. The number of nitrogens with two attached hydrogens (primary N) is 1. The average molecular weight is 230 g/mol. The maximum atomic E-state index is 10.6. The summed E-state index contributed by atoms with van der Waals surface area (Å²) < 4.78 is 0. The van der Waals surface area contributed by atoms with Crippen molar-refractivity contribution in [2.24, 2.45) is 5.73 Å². The van der Waals surface area contributed by atoms with Crippen LogP contribution in [0, 0.1) is 0 Å². The lowest BCUT2D eigenvalue weighted by Crippen LogP contribution is -2.13. The molecule has 5 heteroatoms. The number of allylic oxidation sites excluding steroid dienone is 1. The molecule has 0 radical (unpaired) electrons. The number of rotatable bonds is 5. The zero-order valence-electron chi connectivity index (χ0n) is 10.5. The zero-order chi connectivity index (χ0) is 13.1. The third-order valence-corrected chi connectivity index (χ3v) is 1.65. The first-order chi connectivity index (χ1) is 7.27. The molecule has 0 saturated carbocycles. The Labute approximate surface area is 96.9 Å². The highest BCUT2D eigenvalue weighted by atomic mass is 16.4. The van der Waals surface area contributed by atoms with E-state index in [2.05, 4.69) is 4.90 Å². The second-order valence-electron chi connectivity index (χ2n) is 3.72. The molecule has 0 aromatic carbocycles. The highest BCUT2D eigenvalue weighted by Gasteiger charge is 1.95. The van der Waals surface area contributed by atoms with Gasteiger partial charge in [0, 0.05) is 12.5 Å². The van der Waals surface area contributed by atoms with Gasteiger partial charge < -0.3 is 15.7 Å². The van der Waals surface area contributed by atoms with E-state index in [0.29, 0.717) is 5.57 Å². The van der Waals surface area contributed by atoms with Crippen LogP contribution in [0.1, 0.15) is 26.7 Å². The molecule has 94 valence electrons. The summed E-state index contributed by atoms with van der Waals surface area (Å²) in [6.07, 6.45) is 3.89. The molecule has 0 bridgehead atoms. The predicted octanol–water partition coefficient (Wildman–Crippen LogP) is 0.851. The molecule has 1 amide bonds. The number of unbranched alkanes of at least 4 members (excludes halogenated alkanes) is 1. The molecule has 0 aliphatic heterocycles. The molecule has 3 N–H and O–H groups in total. The van der Waals surface area contributed by atoms with Gasteiger partial charge in [-0.2, -0.15) is 0 Å². The minimum Gasteiger partial charge on any atom is -0.481 e. The summed E-state index contributed by atoms with van der Waals surface area (Å²) in [4.78, 5) is 21.7. The number of hydrogen-bond acceptors (Lipinski definition) is 3. The van der Waals surface area contributed by atoms with Crippen LogP contribution >= 0.6 is 0 Å². The maximum Gasteiger partial charge on any atom is 0.300 e. The van der Waals surface area contributed by atoms with Crippen LogP contribution in [0.5, 0.6) is 0 Å². The van der Waals surface area contributed by atoms with Crippen LogP contribution in [0.2, 0.25) is 0 Å². The summed E-state index contributed by atoms with van der Waals surface area (Å²) in [5, 5.41) is 7.42. The van der Waals surface area contributed by atoms with E-state index in [1.165, 1.54) is 0 Å². The largest absolute Gasteiger partial charge is 0.481 e. The lowest BCUT2D eigenvalue weighted by Gasteiger charge is -2.06. The topological polar surface area (TPSA) is 83.6 Å². The minimum atomic E-state index is -0.833. The molecule has 0 atom stereocenters. The van der Waals surface area contributed by atoms with Gasteiger partial charge in [-0.15, -0.1) is 0 Å². The predicted molar refractivity (Wildman–Crippen MR) is 64.0 cm³/mol. The molecular formula is C11H22N2O3. The van der Waals surface area contributed by atoms with Crippen molar-refractivity contribution in [3.05, 3.63) is 11.6 Å². The van der Waals surface area contributed by atoms with Crippen molar-refractivity contribution >= 4 is 11.9 Å². The molecule has 0 fully saturated rings. The lowest BCUT2D eigenvalue weighted by atomic mass is 10.2. The van der Waals surface area contributed by atoms with Gasteiger partial charge in [-0.3, -0.25) is 9.59 Å². The molecule has 0 aromatic rings. The first-order valence-electron chi connectivity index (χ1n) is 5.08. The Kier molecular flexibility index (Phi) is 10.8. The van der Waals surface area contributed by atoms with Crippen molar-refractivity contribution in [3.8, 4) is 0 Å². The SMILES string of the molecule is CC(=CCCCN(C)C)C(N)=O.CC(=O)O. The smallest absolute Gasteiger partial charge is 0.300 e. The van der Waals surface area contributed by atoms with E-state index in [4.69, 9.17) is 15.6 Å². The lowest BCUT2D eigenvalue weighted by molar-refractivity contribution is -0.134. The third kappa shape index (κ3) is 18.4. The van der Waals surface area contributed by atoms with Crippen LogP contribution < -0.4 is 5.73 Å². The molecule has 0 aromatic heterocycles. The fourth-order valence-corrected chi connectivity index (χ4v) is 0.827.